The fourth-order valence-electron chi connectivity index (χ4n) is 3.49. The number of anilines is 1. The molecule has 0 radical (unpaired) electrons. The highest BCUT2D eigenvalue weighted by Crippen LogP contribution is 2.37. The molecule has 1 aromatic heterocycles. The lowest BCUT2D eigenvalue weighted by Crippen LogP contribution is -2.46. The second kappa shape index (κ2) is 8.05. The van der Waals surface area contributed by atoms with Gasteiger partial charge in [-0.3, -0.25) is 14.6 Å². The average molecular weight is 453 g/mol. The monoisotopic (exact) mass is 453 g/mol. The second-order valence-electron chi connectivity index (χ2n) is 7.74. The largest absolute Gasteiger partial charge is 0.478 e. The van der Waals surface area contributed by atoms with Gasteiger partial charge < -0.3 is 15.2 Å². The molecule has 0 aliphatic carbocycles. The van der Waals surface area contributed by atoms with Crippen LogP contribution in [-0.2, 0) is 4.79 Å². The molecule has 0 saturated heterocycles. The highest BCUT2D eigenvalue weighted by molar-refractivity contribution is 6.05. The molecule has 0 fully saturated rings. The number of hydrogen-bond donors (Lipinski definition) is 2. The van der Waals surface area contributed by atoms with Crippen LogP contribution in [0.1, 0.15) is 39.6 Å². The van der Waals surface area contributed by atoms with Crippen molar-refractivity contribution >= 4 is 23.5 Å². The zero-order valence-corrected chi connectivity index (χ0v) is 17.5. The first-order valence-electron chi connectivity index (χ1n) is 9.77. The Morgan fingerprint density at radius 3 is 2.42 bits per heavy atom. The quantitative estimate of drug-likeness (QED) is 0.617. The highest BCUT2D eigenvalue weighted by atomic mass is 19.1. The van der Waals surface area contributed by atoms with E-state index in [1.165, 1.54) is 25.4 Å². The van der Waals surface area contributed by atoms with Crippen molar-refractivity contribution in [2.24, 2.45) is 0 Å². The second-order valence-corrected chi connectivity index (χ2v) is 7.74. The van der Waals surface area contributed by atoms with Crippen molar-refractivity contribution in [3.05, 3.63) is 71.1 Å². The molecule has 0 saturated carbocycles. The number of rotatable bonds is 4. The molecule has 8 nitrogen and oxygen atoms in total. The number of amides is 1. The van der Waals surface area contributed by atoms with Crippen LogP contribution in [0.5, 0.6) is 5.75 Å². The van der Waals surface area contributed by atoms with Crippen molar-refractivity contribution in [3.63, 3.8) is 0 Å². The van der Waals surface area contributed by atoms with Gasteiger partial charge in [0.15, 0.2) is 11.6 Å². The van der Waals surface area contributed by atoms with E-state index in [1.807, 2.05) is 0 Å². The van der Waals surface area contributed by atoms with Crippen LogP contribution in [0.2, 0.25) is 0 Å². The van der Waals surface area contributed by atoms with Gasteiger partial charge in [0.1, 0.15) is 22.9 Å². The predicted octanol–water partition coefficient (Wildman–Crippen LogP) is 3.79. The number of aryl methyl sites for hydroxylation is 1. The number of fused-ring (bicyclic) bond motifs is 1. The normalized spacial score (nSPS) is 17.2. The number of halogens is 2. The Balaban J connectivity index is 1.62. The topological polar surface area (TPSA) is 118 Å². The van der Waals surface area contributed by atoms with E-state index in [4.69, 9.17) is 4.74 Å². The minimum atomic E-state index is -1.68. The molecule has 3 aromatic rings. The standard InChI is InChI=1S/C23H17F2N3O5/c1-11-6-13-17(29)8-23(2,22(31)32)33-18(13)7-12(11)16-9-27-19(10-26-16)28-21(30)20-14(24)4-3-5-15(20)25/h3-7,9-10H,8H2,1-2H3,(H,31,32)(H,27,28,30). The number of carbonyl (C=O) groups is 3. The highest BCUT2D eigenvalue weighted by Gasteiger charge is 2.43. The summed E-state index contributed by atoms with van der Waals surface area (Å²) in [6.45, 7) is 3.07. The summed E-state index contributed by atoms with van der Waals surface area (Å²) in [7, 11) is 0. The van der Waals surface area contributed by atoms with E-state index in [1.54, 1.807) is 13.0 Å². The smallest absolute Gasteiger partial charge is 0.348 e. The van der Waals surface area contributed by atoms with Gasteiger partial charge in [-0.25, -0.2) is 18.6 Å². The minimum Gasteiger partial charge on any atom is -0.478 e. The lowest BCUT2D eigenvalue weighted by atomic mass is 9.89. The number of carboxylic acids is 1. The van der Waals surface area contributed by atoms with Crippen LogP contribution in [0.25, 0.3) is 11.3 Å². The molecular formula is C23H17F2N3O5. The minimum absolute atomic E-state index is 0.0353. The number of carbonyl (C=O) groups excluding carboxylic acids is 2. The molecule has 1 unspecified atom stereocenters. The number of nitrogens with zero attached hydrogens (tertiary/aromatic N) is 2. The molecule has 1 amide bonds. The molecule has 0 bridgehead atoms. The molecule has 168 valence electrons. The Labute approximate surface area is 186 Å². The van der Waals surface area contributed by atoms with Crippen LogP contribution >= 0.6 is 0 Å². The lowest BCUT2D eigenvalue weighted by molar-refractivity contribution is -0.154. The number of ketones is 1. The fourth-order valence-corrected chi connectivity index (χ4v) is 3.49. The van der Waals surface area contributed by atoms with Crippen LogP contribution < -0.4 is 10.1 Å². The van der Waals surface area contributed by atoms with Gasteiger partial charge in [0.2, 0.25) is 5.60 Å². The number of Topliss-reactive ketones (excluding diaryl/α,β-unsaturated/α-hetero) is 1. The van der Waals surface area contributed by atoms with E-state index in [0.717, 1.165) is 18.2 Å². The molecule has 10 heteroatoms. The van der Waals surface area contributed by atoms with Gasteiger partial charge in [-0.2, -0.15) is 0 Å². The molecular weight excluding hydrogens is 436 g/mol. The summed E-state index contributed by atoms with van der Waals surface area (Å²) in [5.74, 6) is -4.56. The third-order valence-corrected chi connectivity index (χ3v) is 5.27. The Morgan fingerprint density at radius 1 is 1.12 bits per heavy atom. The number of hydrogen-bond acceptors (Lipinski definition) is 6. The first-order valence-corrected chi connectivity index (χ1v) is 9.77. The van der Waals surface area contributed by atoms with E-state index in [-0.39, 0.29) is 29.3 Å². The van der Waals surface area contributed by atoms with Crippen LogP contribution in [0.15, 0.2) is 42.7 Å². The molecule has 1 aliphatic rings. The fraction of sp³-hybridized carbons (Fsp3) is 0.174. The average Bonchev–Trinajstić information content (AvgIpc) is 2.74. The summed E-state index contributed by atoms with van der Waals surface area (Å²) < 4.78 is 33.2. The maximum atomic E-state index is 13.8. The van der Waals surface area contributed by atoms with Crippen molar-refractivity contribution in [2.75, 3.05) is 5.32 Å². The Bertz CT molecular complexity index is 1290. The Kier molecular flexibility index (Phi) is 5.36. The molecule has 2 heterocycles. The number of aromatic nitrogens is 2. The van der Waals surface area contributed by atoms with Crippen LogP contribution in [-0.4, -0.2) is 38.3 Å². The van der Waals surface area contributed by atoms with E-state index in [9.17, 15) is 28.3 Å². The number of nitrogens with one attached hydrogen (secondary N) is 1. The van der Waals surface area contributed by atoms with E-state index in [0.29, 0.717) is 16.8 Å². The summed E-state index contributed by atoms with van der Waals surface area (Å²) in [5, 5.41) is 11.7. The van der Waals surface area contributed by atoms with Crippen molar-refractivity contribution < 1.29 is 33.0 Å². The first kappa shape index (κ1) is 22.0. The number of benzene rings is 2. The summed E-state index contributed by atoms with van der Waals surface area (Å²) in [4.78, 5) is 44.5. The molecule has 2 aromatic carbocycles. The van der Waals surface area contributed by atoms with Gasteiger partial charge in [0.25, 0.3) is 5.91 Å². The zero-order valence-electron chi connectivity index (χ0n) is 17.5. The Hall–Kier alpha value is -4.21. The maximum Gasteiger partial charge on any atom is 0.348 e. The first-order chi connectivity index (χ1) is 15.6. The molecule has 2 N–H and O–H groups in total. The van der Waals surface area contributed by atoms with Crippen molar-refractivity contribution in [2.45, 2.75) is 25.9 Å². The van der Waals surface area contributed by atoms with Gasteiger partial charge in [0, 0.05) is 5.56 Å². The zero-order chi connectivity index (χ0) is 23.9. The van der Waals surface area contributed by atoms with Crippen LogP contribution in [0.4, 0.5) is 14.6 Å². The van der Waals surface area contributed by atoms with Crippen molar-refractivity contribution in [1.82, 2.24) is 9.97 Å². The van der Waals surface area contributed by atoms with Gasteiger partial charge in [-0.05, 0) is 43.7 Å². The lowest BCUT2D eigenvalue weighted by Gasteiger charge is -2.31. The summed E-state index contributed by atoms with van der Waals surface area (Å²) in [6.07, 6.45) is 2.24. The predicted molar refractivity (Wildman–Crippen MR) is 112 cm³/mol. The van der Waals surface area contributed by atoms with Gasteiger partial charge in [-0.1, -0.05) is 6.07 Å². The van der Waals surface area contributed by atoms with Crippen LogP contribution in [0.3, 0.4) is 0 Å². The van der Waals surface area contributed by atoms with Gasteiger partial charge in [-0.15, -0.1) is 0 Å². The molecule has 33 heavy (non-hydrogen) atoms. The molecule has 4 rings (SSSR count). The Morgan fingerprint density at radius 2 is 1.82 bits per heavy atom. The third-order valence-electron chi connectivity index (χ3n) is 5.27. The van der Waals surface area contributed by atoms with E-state index >= 15 is 0 Å². The van der Waals surface area contributed by atoms with E-state index < -0.39 is 34.7 Å². The molecule has 0 spiro atoms. The van der Waals surface area contributed by atoms with Gasteiger partial charge in [0.05, 0.1) is 30.1 Å². The summed E-state index contributed by atoms with van der Waals surface area (Å²) in [5.41, 5.74) is -0.593. The molecule has 1 aliphatic heterocycles. The molecule has 1 atom stereocenters. The van der Waals surface area contributed by atoms with Gasteiger partial charge >= 0.3 is 5.97 Å². The number of carboxylic acid groups (broad SMARTS) is 1. The number of aliphatic carboxylic acids is 1. The number of ether oxygens (including phenoxy) is 1. The maximum absolute atomic E-state index is 13.8. The van der Waals surface area contributed by atoms with Crippen LogP contribution in [0, 0.1) is 18.6 Å². The SMILES string of the molecule is Cc1cc2c(cc1-c1cnc(NC(=O)c3c(F)cccc3F)cn1)OC(C)(C(=O)O)CC2=O. The summed E-state index contributed by atoms with van der Waals surface area (Å²) >= 11 is 0. The van der Waals surface area contributed by atoms with Crippen molar-refractivity contribution in [1.29, 1.82) is 0 Å². The third kappa shape index (κ3) is 4.02. The summed E-state index contributed by atoms with van der Waals surface area (Å²) in [6, 6.07) is 6.18. The van der Waals surface area contributed by atoms with E-state index in [2.05, 4.69) is 15.3 Å². The van der Waals surface area contributed by atoms with Crippen molar-refractivity contribution in [3.8, 4) is 17.0 Å².